The molecular formula is C12H9NO. The van der Waals surface area contributed by atoms with Crippen molar-refractivity contribution in [3.63, 3.8) is 0 Å². The largest absolute Gasteiger partial charge is 0.301 e. The molecule has 0 radical (unpaired) electrons. The Bertz CT molecular complexity index is 441. The number of hydrogen-bond acceptors (Lipinski definition) is 2. The number of allylic oxidation sites excluding steroid dienone is 4. The topological polar surface area (TPSA) is 40.9 Å². The molecule has 14 heavy (non-hydrogen) atoms. The Morgan fingerprint density at radius 3 is 2.43 bits per heavy atom. The lowest BCUT2D eigenvalue weighted by molar-refractivity contribution is -0.109. The van der Waals surface area contributed by atoms with E-state index < -0.39 is 0 Å². The molecule has 2 nitrogen and oxygen atoms in total. The molecule has 0 amide bonds. The zero-order valence-corrected chi connectivity index (χ0v) is 7.53. The van der Waals surface area contributed by atoms with Crippen molar-refractivity contribution in [2.24, 2.45) is 0 Å². The summed E-state index contributed by atoms with van der Waals surface area (Å²) in [4.78, 5) is 11.5. The lowest BCUT2D eigenvalue weighted by Gasteiger charge is -2.07. The van der Waals surface area contributed by atoms with E-state index in [0.29, 0.717) is 11.3 Å². The van der Waals surface area contributed by atoms with E-state index in [-0.39, 0.29) is 5.78 Å². The third-order valence-corrected chi connectivity index (χ3v) is 2.06. The molecular weight excluding hydrogens is 174 g/mol. The quantitative estimate of drug-likeness (QED) is 0.666. The Kier molecular flexibility index (Phi) is 2.11. The summed E-state index contributed by atoms with van der Waals surface area (Å²) in [5.41, 5.74) is 1.83. The maximum Gasteiger partial charge on any atom is 0.186 e. The smallest absolute Gasteiger partial charge is 0.186 e. The zero-order chi connectivity index (χ0) is 9.97. The second-order valence-corrected chi connectivity index (χ2v) is 3.08. The first kappa shape index (κ1) is 8.63. The van der Waals surface area contributed by atoms with Gasteiger partial charge in [-0.05, 0) is 23.8 Å². The predicted molar refractivity (Wildman–Crippen MR) is 56.3 cm³/mol. The molecule has 0 aromatic heterocycles. The van der Waals surface area contributed by atoms with Crippen LogP contribution >= 0.6 is 0 Å². The second-order valence-electron chi connectivity index (χ2n) is 3.08. The molecule has 1 aliphatic carbocycles. The van der Waals surface area contributed by atoms with E-state index in [1.165, 1.54) is 12.2 Å². The minimum absolute atomic E-state index is 0.0350. The first-order valence-corrected chi connectivity index (χ1v) is 4.35. The highest BCUT2D eigenvalue weighted by atomic mass is 16.1. The number of ketones is 1. The summed E-state index contributed by atoms with van der Waals surface area (Å²) in [6.45, 7) is 0. The first-order valence-electron chi connectivity index (χ1n) is 4.35. The van der Waals surface area contributed by atoms with Crippen LogP contribution in [0.4, 0.5) is 0 Å². The van der Waals surface area contributed by atoms with Gasteiger partial charge in [-0.15, -0.1) is 0 Å². The van der Waals surface area contributed by atoms with E-state index in [0.717, 1.165) is 5.56 Å². The van der Waals surface area contributed by atoms with Crippen molar-refractivity contribution >= 4 is 17.1 Å². The van der Waals surface area contributed by atoms with Crippen molar-refractivity contribution in [1.29, 1.82) is 5.41 Å². The molecule has 68 valence electrons. The van der Waals surface area contributed by atoms with Crippen molar-refractivity contribution in [3.8, 4) is 0 Å². The van der Waals surface area contributed by atoms with E-state index >= 15 is 0 Å². The van der Waals surface area contributed by atoms with Crippen LogP contribution in [-0.4, -0.2) is 11.5 Å². The lowest BCUT2D eigenvalue weighted by Crippen LogP contribution is -2.05. The fraction of sp³-hybridized carbons (Fsp3) is 0. The number of rotatable bonds is 1. The van der Waals surface area contributed by atoms with Crippen molar-refractivity contribution in [2.45, 2.75) is 0 Å². The Morgan fingerprint density at radius 1 is 1.00 bits per heavy atom. The van der Waals surface area contributed by atoms with Crippen LogP contribution in [0.3, 0.4) is 0 Å². The molecule has 0 heterocycles. The second kappa shape index (κ2) is 3.42. The number of benzene rings is 1. The van der Waals surface area contributed by atoms with Gasteiger partial charge in [0.15, 0.2) is 5.78 Å². The van der Waals surface area contributed by atoms with E-state index in [2.05, 4.69) is 0 Å². The van der Waals surface area contributed by atoms with Gasteiger partial charge >= 0.3 is 0 Å². The fourth-order valence-corrected chi connectivity index (χ4v) is 1.37. The van der Waals surface area contributed by atoms with Crippen LogP contribution in [-0.2, 0) is 4.79 Å². The van der Waals surface area contributed by atoms with Crippen LogP contribution in [0.1, 0.15) is 5.56 Å². The minimum atomic E-state index is -0.0350. The molecule has 0 saturated heterocycles. The summed E-state index contributed by atoms with van der Waals surface area (Å²) < 4.78 is 0. The van der Waals surface area contributed by atoms with Gasteiger partial charge in [0.05, 0.1) is 5.71 Å². The summed E-state index contributed by atoms with van der Waals surface area (Å²) in [5, 5.41) is 7.44. The maximum atomic E-state index is 11.5. The Labute approximate surface area is 82.1 Å². The van der Waals surface area contributed by atoms with Gasteiger partial charge in [-0.3, -0.25) is 4.79 Å². The molecule has 1 N–H and O–H groups in total. The van der Waals surface area contributed by atoms with E-state index in [1.807, 2.05) is 30.3 Å². The molecule has 2 rings (SSSR count). The average molecular weight is 183 g/mol. The number of hydrogen-bond donors (Lipinski definition) is 1. The van der Waals surface area contributed by atoms with Gasteiger partial charge in [-0.2, -0.15) is 0 Å². The number of carbonyl (C=O) groups is 1. The first-order chi connectivity index (χ1) is 6.77. The summed E-state index contributed by atoms with van der Waals surface area (Å²) >= 11 is 0. The van der Waals surface area contributed by atoms with Gasteiger partial charge in [-0.25, -0.2) is 0 Å². The summed E-state index contributed by atoms with van der Waals surface area (Å²) in [6.07, 6.45) is 4.54. The van der Waals surface area contributed by atoms with Crippen LogP contribution in [0.25, 0.3) is 5.57 Å². The van der Waals surface area contributed by atoms with Crippen LogP contribution in [0.15, 0.2) is 48.6 Å². The Balaban J connectivity index is 2.45. The van der Waals surface area contributed by atoms with E-state index in [1.54, 1.807) is 6.08 Å². The fourth-order valence-electron chi connectivity index (χ4n) is 1.37. The number of nitrogens with one attached hydrogen (secondary N) is 1. The minimum Gasteiger partial charge on any atom is -0.301 e. The standard InChI is InChI=1S/C12H9NO/c13-10-6-7-12(14)11(8-10)9-4-2-1-3-5-9/h1-8,13H. The van der Waals surface area contributed by atoms with Crippen LogP contribution in [0.5, 0.6) is 0 Å². The predicted octanol–water partition coefficient (Wildman–Crippen LogP) is 2.23. The zero-order valence-electron chi connectivity index (χ0n) is 7.53. The molecule has 0 bridgehead atoms. The van der Waals surface area contributed by atoms with Gasteiger partial charge in [0, 0.05) is 5.57 Å². The van der Waals surface area contributed by atoms with E-state index in [9.17, 15) is 4.79 Å². The monoisotopic (exact) mass is 183 g/mol. The molecule has 0 atom stereocenters. The Morgan fingerprint density at radius 2 is 1.71 bits per heavy atom. The summed E-state index contributed by atoms with van der Waals surface area (Å²) in [6, 6.07) is 9.40. The Hall–Kier alpha value is -1.96. The van der Waals surface area contributed by atoms with Gasteiger partial charge in [0.1, 0.15) is 0 Å². The van der Waals surface area contributed by atoms with Crippen molar-refractivity contribution in [2.75, 3.05) is 0 Å². The van der Waals surface area contributed by atoms with Crippen molar-refractivity contribution in [1.82, 2.24) is 0 Å². The van der Waals surface area contributed by atoms with Crippen LogP contribution in [0.2, 0.25) is 0 Å². The molecule has 1 aromatic rings. The van der Waals surface area contributed by atoms with Crippen molar-refractivity contribution < 1.29 is 4.79 Å². The van der Waals surface area contributed by atoms with Gasteiger partial charge in [-0.1, -0.05) is 30.3 Å². The molecule has 1 aliphatic rings. The highest BCUT2D eigenvalue weighted by Crippen LogP contribution is 2.18. The maximum absolute atomic E-state index is 11.5. The summed E-state index contributed by atoms with van der Waals surface area (Å²) in [7, 11) is 0. The van der Waals surface area contributed by atoms with Crippen molar-refractivity contribution in [3.05, 3.63) is 54.1 Å². The third-order valence-electron chi connectivity index (χ3n) is 2.06. The molecule has 0 aliphatic heterocycles. The molecule has 0 fully saturated rings. The van der Waals surface area contributed by atoms with Gasteiger partial charge < -0.3 is 5.41 Å². The molecule has 0 spiro atoms. The van der Waals surface area contributed by atoms with Crippen LogP contribution in [0, 0.1) is 5.41 Å². The third kappa shape index (κ3) is 1.55. The van der Waals surface area contributed by atoms with Crippen LogP contribution < -0.4 is 0 Å². The highest BCUT2D eigenvalue weighted by molar-refractivity contribution is 6.34. The molecule has 1 aromatic carbocycles. The molecule has 0 unspecified atom stereocenters. The lowest BCUT2D eigenvalue weighted by atomic mass is 9.96. The van der Waals surface area contributed by atoms with Gasteiger partial charge in [0.25, 0.3) is 0 Å². The molecule has 0 saturated carbocycles. The number of carbonyl (C=O) groups excluding carboxylic acids is 1. The SMILES string of the molecule is N=C1C=CC(=O)C(c2ccccc2)=C1. The van der Waals surface area contributed by atoms with Gasteiger partial charge in [0.2, 0.25) is 0 Å². The molecule has 2 heteroatoms. The summed E-state index contributed by atoms with van der Waals surface area (Å²) in [5.74, 6) is -0.0350. The van der Waals surface area contributed by atoms with E-state index in [4.69, 9.17) is 5.41 Å². The normalized spacial score (nSPS) is 15.6. The average Bonchev–Trinajstić information content (AvgIpc) is 2.23. The highest BCUT2D eigenvalue weighted by Gasteiger charge is 2.12.